The van der Waals surface area contributed by atoms with Crippen molar-refractivity contribution in [3.05, 3.63) is 35.9 Å². The fourth-order valence-corrected chi connectivity index (χ4v) is 3.90. The van der Waals surface area contributed by atoms with E-state index in [4.69, 9.17) is 4.74 Å². The lowest BCUT2D eigenvalue weighted by atomic mass is 9.90. The number of hydrogen-bond donors (Lipinski definition) is 1. The van der Waals surface area contributed by atoms with Crippen LogP contribution in [-0.2, 0) is 20.7 Å². The maximum atomic E-state index is 12.5. The molecule has 2 aliphatic heterocycles. The molecule has 0 spiro atoms. The molecule has 5 heteroatoms. The van der Waals surface area contributed by atoms with Crippen molar-refractivity contribution in [2.75, 3.05) is 19.7 Å². The van der Waals surface area contributed by atoms with Crippen LogP contribution >= 0.6 is 0 Å². The molecule has 1 aromatic carbocycles. The van der Waals surface area contributed by atoms with Crippen molar-refractivity contribution in [3.63, 3.8) is 0 Å². The number of nitrogens with zero attached hydrogens (tertiary/aromatic N) is 1. The summed E-state index contributed by atoms with van der Waals surface area (Å²) in [7, 11) is 0. The molecule has 2 aliphatic rings. The Kier molecular flexibility index (Phi) is 6.67. The van der Waals surface area contributed by atoms with Gasteiger partial charge < -0.3 is 15.0 Å². The number of rotatable bonds is 6. The number of ether oxygens (including phenoxy) is 1. The van der Waals surface area contributed by atoms with Gasteiger partial charge in [0.1, 0.15) is 6.10 Å². The van der Waals surface area contributed by atoms with E-state index >= 15 is 0 Å². The number of likely N-dealkylation sites (tertiary alicyclic amines) is 1. The van der Waals surface area contributed by atoms with Gasteiger partial charge in [0.15, 0.2) is 0 Å². The first-order valence-electron chi connectivity index (χ1n) is 9.85. The standard InChI is InChI=1S/C21H30N2O3/c1-16(22-21(25)19-8-5-13-26-19)14-20(24)23-11-9-18(10-12-23)15-17-6-3-2-4-7-17/h2-4,6-7,16,18-19H,5,8-15H2,1H3,(H,22,25). The number of nitrogens with one attached hydrogen (secondary N) is 1. The van der Waals surface area contributed by atoms with E-state index < -0.39 is 0 Å². The molecule has 142 valence electrons. The summed E-state index contributed by atoms with van der Waals surface area (Å²) in [5.41, 5.74) is 1.38. The first kappa shape index (κ1) is 18.9. The first-order valence-corrected chi connectivity index (χ1v) is 9.85. The van der Waals surface area contributed by atoms with Crippen LogP contribution in [0.5, 0.6) is 0 Å². The number of hydrogen-bond acceptors (Lipinski definition) is 3. The van der Waals surface area contributed by atoms with Crippen LogP contribution in [0.3, 0.4) is 0 Å². The number of carbonyl (C=O) groups excluding carboxylic acids is 2. The molecule has 5 nitrogen and oxygen atoms in total. The topological polar surface area (TPSA) is 58.6 Å². The average molecular weight is 358 g/mol. The highest BCUT2D eigenvalue weighted by Crippen LogP contribution is 2.22. The van der Waals surface area contributed by atoms with E-state index in [1.54, 1.807) is 0 Å². The van der Waals surface area contributed by atoms with E-state index in [-0.39, 0.29) is 24.0 Å². The molecule has 2 unspecified atom stereocenters. The van der Waals surface area contributed by atoms with Crippen LogP contribution in [0.15, 0.2) is 30.3 Å². The third-order valence-corrected chi connectivity index (χ3v) is 5.43. The third kappa shape index (κ3) is 5.31. The monoisotopic (exact) mass is 358 g/mol. The molecule has 1 N–H and O–H groups in total. The number of amides is 2. The average Bonchev–Trinajstić information content (AvgIpc) is 3.18. The summed E-state index contributed by atoms with van der Waals surface area (Å²) in [4.78, 5) is 26.5. The smallest absolute Gasteiger partial charge is 0.249 e. The minimum atomic E-state index is -0.332. The Hall–Kier alpha value is -1.88. The van der Waals surface area contributed by atoms with Gasteiger partial charge in [-0.3, -0.25) is 9.59 Å². The molecule has 2 atom stereocenters. The van der Waals surface area contributed by atoms with Gasteiger partial charge >= 0.3 is 0 Å². The summed E-state index contributed by atoms with van der Waals surface area (Å²) >= 11 is 0. The highest BCUT2D eigenvalue weighted by molar-refractivity contribution is 5.82. The molecule has 26 heavy (non-hydrogen) atoms. The van der Waals surface area contributed by atoms with Crippen molar-refractivity contribution in [2.24, 2.45) is 5.92 Å². The van der Waals surface area contributed by atoms with Gasteiger partial charge in [-0.2, -0.15) is 0 Å². The van der Waals surface area contributed by atoms with Crippen molar-refractivity contribution in [1.82, 2.24) is 10.2 Å². The molecule has 0 aromatic heterocycles. The maximum absolute atomic E-state index is 12.5. The van der Waals surface area contributed by atoms with Gasteiger partial charge in [0.2, 0.25) is 11.8 Å². The second-order valence-corrected chi connectivity index (χ2v) is 7.63. The first-order chi connectivity index (χ1) is 12.6. The predicted octanol–water partition coefficient (Wildman–Crippen LogP) is 2.54. The Morgan fingerprint density at radius 3 is 2.58 bits per heavy atom. The molecule has 2 amide bonds. The van der Waals surface area contributed by atoms with Gasteiger partial charge in [0.05, 0.1) is 0 Å². The fraction of sp³-hybridized carbons (Fsp3) is 0.619. The Morgan fingerprint density at radius 1 is 1.19 bits per heavy atom. The molecule has 3 rings (SSSR count). The van der Waals surface area contributed by atoms with Crippen molar-refractivity contribution in [3.8, 4) is 0 Å². The van der Waals surface area contributed by atoms with E-state index in [1.807, 2.05) is 17.9 Å². The molecule has 2 heterocycles. The van der Waals surface area contributed by atoms with Crippen LogP contribution < -0.4 is 5.32 Å². The second kappa shape index (κ2) is 9.17. The molecule has 0 radical (unpaired) electrons. The van der Waals surface area contributed by atoms with E-state index in [1.165, 1.54) is 5.56 Å². The summed E-state index contributed by atoms with van der Waals surface area (Å²) in [5, 5.41) is 2.92. The zero-order valence-electron chi connectivity index (χ0n) is 15.7. The predicted molar refractivity (Wildman–Crippen MR) is 101 cm³/mol. The lowest BCUT2D eigenvalue weighted by molar-refractivity contribution is -0.134. The van der Waals surface area contributed by atoms with Crippen LogP contribution in [0.25, 0.3) is 0 Å². The normalized spacial score (nSPS) is 22.2. The van der Waals surface area contributed by atoms with Gasteiger partial charge in [-0.15, -0.1) is 0 Å². The number of carbonyl (C=O) groups is 2. The number of piperidine rings is 1. The summed E-state index contributed by atoms with van der Waals surface area (Å²) in [5.74, 6) is 0.714. The van der Waals surface area contributed by atoms with Crippen molar-refractivity contribution < 1.29 is 14.3 Å². The van der Waals surface area contributed by atoms with Gasteiger partial charge in [0, 0.05) is 32.2 Å². The maximum Gasteiger partial charge on any atom is 0.249 e. The lowest BCUT2D eigenvalue weighted by Gasteiger charge is -2.33. The van der Waals surface area contributed by atoms with Gasteiger partial charge in [-0.05, 0) is 50.5 Å². The molecule has 0 aliphatic carbocycles. The molecular weight excluding hydrogens is 328 g/mol. The van der Waals surface area contributed by atoms with Gasteiger partial charge in [-0.25, -0.2) is 0 Å². The van der Waals surface area contributed by atoms with E-state index in [2.05, 4.69) is 29.6 Å². The van der Waals surface area contributed by atoms with Gasteiger partial charge in [-0.1, -0.05) is 30.3 Å². The van der Waals surface area contributed by atoms with Crippen molar-refractivity contribution in [2.45, 2.75) is 57.6 Å². The van der Waals surface area contributed by atoms with Crippen LogP contribution in [0, 0.1) is 5.92 Å². The van der Waals surface area contributed by atoms with Crippen molar-refractivity contribution >= 4 is 11.8 Å². The van der Waals surface area contributed by atoms with Gasteiger partial charge in [0.25, 0.3) is 0 Å². The largest absolute Gasteiger partial charge is 0.368 e. The lowest BCUT2D eigenvalue weighted by Crippen LogP contribution is -2.44. The van der Waals surface area contributed by atoms with Crippen LogP contribution in [-0.4, -0.2) is 48.6 Å². The zero-order valence-corrected chi connectivity index (χ0v) is 15.7. The Labute approximate surface area is 156 Å². The molecule has 2 saturated heterocycles. The van der Waals surface area contributed by atoms with Crippen LogP contribution in [0.1, 0.15) is 44.6 Å². The molecular formula is C21H30N2O3. The fourth-order valence-electron chi connectivity index (χ4n) is 3.90. The minimum absolute atomic E-state index is 0.0793. The summed E-state index contributed by atoms with van der Waals surface area (Å²) in [6.07, 6.45) is 4.94. The Bertz CT molecular complexity index is 591. The third-order valence-electron chi connectivity index (χ3n) is 5.43. The summed E-state index contributed by atoms with van der Waals surface area (Å²) in [6, 6.07) is 10.4. The zero-order chi connectivity index (χ0) is 18.4. The second-order valence-electron chi connectivity index (χ2n) is 7.63. The molecule has 1 aromatic rings. The quantitative estimate of drug-likeness (QED) is 0.850. The Morgan fingerprint density at radius 2 is 1.92 bits per heavy atom. The summed E-state index contributed by atoms with van der Waals surface area (Å²) in [6.45, 7) is 4.20. The van der Waals surface area contributed by atoms with Crippen LogP contribution in [0.2, 0.25) is 0 Å². The van der Waals surface area contributed by atoms with E-state index in [9.17, 15) is 9.59 Å². The molecule has 0 bridgehead atoms. The SMILES string of the molecule is CC(CC(=O)N1CCC(Cc2ccccc2)CC1)NC(=O)C1CCCO1. The minimum Gasteiger partial charge on any atom is -0.368 e. The van der Waals surface area contributed by atoms with E-state index in [0.717, 1.165) is 45.2 Å². The molecule has 0 saturated carbocycles. The highest BCUT2D eigenvalue weighted by atomic mass is 16.5. The van der Waals surface area contributed by atoms with E-state index in [0.29, 0.717) is 18.9 Å². The molecule has 2 fully saturated rings. The van der Waals surface area contributed by atoms with Crippen molar-refractivity contribution in [1.29, 1.82) is 0 Å². The Balaban J connectivity index is 1.38. The van der Waals surface area contributed by atoms with Crippen LogP contribution in [0.4, 0.5) is 0 Å². The number of benzene rings is 1. The summed E-state index contributed by atoms with van der Waals surface area (Å²) < 4.78 is 5.39. The highest BCUT2D eigenvalue weighted by Gasteiger charge is 2.27.